The number of piperazine rings is 1. The number of nitrogens with one attached hydrogen (secondary N) is 2. The van der Waals surface area contributed by atoms with Crippen LogP contribution in [0.1, 0.15) is 33.6 Å². The molecule has 3 aliphatic heterocycles. The molecule has 0 atom stereocenters. The normalized spacial score (nSPS) is 22.6. The van der Waals surface area contributed by atoms with Crippen molar-refractivity contribution in [3.05, 3.63) is 29.3 Å². The number of carbonyl (C=O) groups is 2. The lowest BCUT2D eigenvalue weighted by molar-refractivity contribution is 0.0879. The summed E-state index contributed by atoms with van der Waals surface area (Å²) in [7, 11) is 0. The van der Waals surface area contributed by atoms with Gasteiger partial charge in [0.1, 0.15) is 0 Å². The van der Waals surface area contributed by atoms with Crippen LogP contribution >= 0.6 is 0 Å². The SMILES string of the molecule is O=C1NC(=O)c2cc(N3CCN(CC4CCNCC4)CC3)ccc21. The summed E-state index contributed by atoms with van der Waals surface area (Å²) in [5.41, 5.74) is 2.04. The first kappa shape index (κ1) is 15.6. The zero-order chi connectivity index (χ0) is 16.5. The van der Waals surface area contributed by atoms with Crippen molar-refractivity contribution >= 4 is 17.5 Å². The molecule has 0 radical (unpaired) electrons. The number of nitrogens with zero attached hydrogens (tertiary/aromatic N) is 2. The monoisotopic (exact) mass is 328 g/mol. The summed E-state index contributed by atoms with van der Waals surface area (Å²) < 4.78 is 0. The minimum atomic E-state index is -0.284. The fourth-order valence-electron chi connectivity index (χ4n) is 3.97. The Morgan fingerprint density at radius 1 is 0.958 bits per heavy atom. The number of benzene rings is 1. The largest absolute Gasteiger partial charge is 0.369 e. The van der Waals surface area contributed by atoms with E-state index in [4.69, 9.17) is 0 Å². The molecule has 0 spiro atoms. The highest BCUT2D eigenvalue weighted by Gasteiger charge is 2.28. The van der Waals surface area contributed by atoms with Gasteiger partial charge >= 0.3 is 0 Å². The predicted octanol–water partition coefficient (Wildman–Crippen LogP) is 0.692. The maximum absolute atomic E-state index is 11.8. The molecular weight excluding hydrogens is 304 g/mol. The van der Waals surface area contributed by atoms with Gasteiger partial charge in [0.25, 0.3) is 11.8 Å². The summed E-state index contributed by atoms with van der Waals surface area (Å²) >= 11 is 0. The van der Waals surface area contributed by atoms with Crippen LogP contribution in [0.15, 0.2) is 18.2 Å². The number of fused-ring (bicyclic) bond motifs is 1. The summed E-state index contributed by atoms with van der Waals surface area (Å²) in [4.78, 5) is 28.3. The number of imide groups is 1. The van der Waals surface area contributed by atoms with Gasteiger partial charge in [0.05, 0.1) is 11.1 Å². The van der Waals surface area contributed by atoms with E-state index in [9.17, 15) is 9.59 Å². The van der Waals surface area contributed by atoms with Gasteiger partial charge in [0.15, 0.2) is 0 Å². The van der Waals surface area contributed by atoms with E-state index in [0.717, 1.165) is 50.9 Å². The van der Waals surface area contributed by atoms with E-state index in [0.29, 0.717) is 11.1 Å². The Balaban J connectivity index is 1.37. The van der Waals surface area contributed by atoms with Gasteiger partial charge in [0.2, 0.25) is 0 Å². The quantitative estimate of drug-likeness (QED) is 0.800. The van der Waals surface area contributed by atoms with Gasteiger partial charge in [-0.25, -0.2) is 0 Å². The molecule has 6 nitrogen and oxygen atoms in total. The van der Waals surface area contributed by atoms with Crippen LogP contribution < -0.4 is 15.5 Å². The Kier molecular flexibility index (Phi) is 4.24. The minimum absolute atomic E-state index is 0.276. The van der Waals surface area contributed by atoms with Crippen molar-refractivity contribution in [3.63, 3.8) is 0 Å². The maximum atomic E-state index is 11.8. The third-order valence-corrected chi connectivity index (χ3v) is 5.43. The molecule has 2 N–H and O–H groups in total. The smallest absolute Gasteiger partial charge is 0.259 e. The second-order valence-corrected chi connectivity index (χ2v) is 6.99. The van der Waals surface area contributed by atoms with Crippen molar-refractivity contribution < 1.29 is 9.59 Å². The number of hydrogen-bond acceptors (Lipinski definition) is 5. The van der Waals surface area contributed by atoms with Crippen LogP contribution in [0.4, 0.5) is 5.69 Å². The molecule has 2 fully saturated rings. The molecule has 0 bridgehead atoms. The Morgan fingerprint density at radius 3 is 2.42 bits per heavy atom. The van der Waals surface area contributed by atoms with Gasteiger partial charge in [-0.1, -0.05) is 0 Å². The van der Waals surface area contributed by atoms with Crippen LogP contribution in [0.5, 0.6) is 0 Å². The van der Waals surface area contributed by atoms with E-state index in [1.165, 1.54) is 19.4 Å². The van der Waals surface area contributed by atoms with Crippen LogP contribution in [0.3, 0.4) is 0 Å². The van der Waals surface area contributed by atoms with Crippen LogP contribution in [-0.4, -0.2) is 62.5 Å². The third kappa shape index (κ3) is 3.03. The number of anilines is 1. The second kappa shape index (κ2) is 6.53. The van der Waals surface area contributed by atoms with Crippen LogP contribution in [-0.2, 0) is 0 Å². The molecule has 4 rings (SSSR count). The van der Waals surface area contributed by atoms with E-state index in [2.05, 4.69) is 20.4 Å². The molecule has 6 heteroatoms. The molecular formula is C18H24N4O2. The number of hydrogen-bond donors (Lipinski definition) is 2. The highest BCUT2D eigenvalue weighted by Crippen LogP contribution is 2.24. The third-order valence-electron chi connectivity index (χ3n) is 5.43. The fourth-order valence-corrected chi connectivity index (χ4v) is 3.97. The predicted molar refractivity (Wildman–Crippen MR) is 92.5 cm³/mol. The van der Waals surface area contributed by atoms with Crippen molar-refractivity contribution in [2.45, 2.75) is 12.8 Å². The zero-order valence-corrected chi connectivity index (χ0v) is 13.9. The van der Waals surface area contributed by atoms with Gasteiger partial charge in [0, 0.05) is 38.4 Å². The molecule has 3 aliphatic rings. The molecule has 1 aromatic carbocycles. The van der Waals surface area contributed by atoms with E-state index in [1.54, 1.807) is 6.07 Å². The second-order valence-electron chi connectivity index (χ2n) is 6.99. The molecule has 0 aromatic heterocycles. The maximum Gasteiger partial charge on any atom is 0.259 e. The Hall–Kier alpha value is -1.92. The molecule has 2 amide bonds. The summed E-state index contributed by atoms with van der Waals surface area (Å²) in [6, 6.07) is 5.59. The fraction of sp³-hybridized carbons (Fsp3) is 0.556. The Labute approximate surface area is 142 Å². The number of amides is 2. The molecule has 1 aromatic rings. The summed E-state index contributed by atoms with van der Waals surface area (Å²) in [5.74, 6) is 0.266. The number of carbonyl (C=O) groups excluding carboxylic acids is 2. The summed E-state index contributed by atoms with van der Waals surface area (Å²) in [6.45, 7) is 7.58. The zero-order valence-electron chi connectivity index (χ0n) is 13.9. The minimum Gasteiger partial charge on any atom is -0.369 e. The van der Waals surface area contributed by atoms with Gasteiger partial charge in [-0.15, -0.1) is 0 Å². The Bertz CT molecular complexity index is 646. The lowest BCUT2D eigenvalue weighted by atomic mass is 9.97. The van der Waals surface area contributed by atoms with Crippen molar-refractivity contribution in [3.8, 4) is 0 Å². The highest BCUT2D eigenvalue weighted by atomic mass is 16.2. The Morgan fingerprint density at radius 2 is 1.67 bits per heavy atom. The molecule has 24 heavy (non-hydrogen) atoms. The van der Waals surface area contributed by atoms with Crippen LogP contribution in [0, 0.1) is 5.92 Å². The molecule has 0 saturated carbocycles. The molecule has 0 unspecified atom stereocenters. The first-order valence-electron chi connectivity index (χ1n) is 8.88. The first-order valence-corrected chi connectivity index (χ1v) is 8.88. The van der Waals surface area contributed by atoms with E-state index in [-0.39, 0.29) is 11.8 Å². The topological polar surface area (TPSA) is 64.7 Å². The number of rotatable bonds is 3. The summed E-state index contributed by atoms with van der Waals surface area (Å²) in [5, 5.41) is 5.78. The van der Waals surface area contributed by atoms with Crippen molar-refractivity contribution in [2.75, 3.05) is 50.7 Å². The average molecular weight is 328 g/mol. The van der Waals surface area contributed by atoms with Crippen molar-refractivity contribution in [1.29, 1.82) is 0 Å². The lowest BCUT2D eigenvalue weighted by Gasteiger charge is -2.38. The van der Waals surface area contributed by atoms with Gasteiger partial charge in [-0.3, -0.25) is 19.8 Å². The van der Waals surface area contributed by atoms with E-state index < -0.39 is 0 Å². The van der Waals surface area contributed by atoms with Crippen molar-refractivity contribution in [1.82, 2.24) is 15.5 Å². The summed E-state index contributed by atoms with van der Waals surface area (Å²) in [6.07, 6.45) is 2.57. The van der Waals surface area contributed by atoms with Gasteiger partial charge < -0.3 is 10.2 Å². The molecule has 3 heterocycles. The average Bonchev–Trinajstić information content (AvgIpc) is 2.90. The van der Waals surface area contributed by atoms with Crippen LogP contribution in [0.2, 0.25) is 0 Å². The first-order chi connectivity index (χ1) is 11.7. The van der Waals surface area contributed by atoms with E-state index >= 15 is 0 Å². The standard InChI is InChI=1S/C18H24N4O2/c23-17-15-2-1-14(11-16(15)18(24)20-17)22-9-7-21(8-10-22)12-13-3-5-19-6-4-13/h1-2,11,13,19H,3-10,12H2,(H,20,23,24). The molecule has 128 valence electrons. The molecule has 2 saturated heterocycles. The molecule has 0 aliphatic carbocycles. The van der Waals surface area contributed by atoms with Crippen LogP contribution in [0.25, 0.3) is 0 Å². The van der Waals surface area contributed by atoms with Gasteiger partial charge in [-0.2, -0.15) is 0 Å². The van der Waals surface area contributed by atoms with E-state index in [1.807, 2.05) is 12.1 Å². The lowest BCUT2D eigenvalue weighted by Crippen LogP contribution is -2.48. The van der Waals surface area contributed by atoms with Crippen molar-refractivity contribution in [2.24, 2.45) is 5.92 Å². The van der Waals surface area contributed by atoms with Gasteiger partial charge in [-0.05, 0) is 50.0 Å². The number of piperidine rings is 1. The highest BCUT2D eigenvalue weighted by molar-refractivity contribution is 6.21.